The van der Waals surface area contributed by atoms with Gasteiger partial charge >= 0.3 is 12.1 Å². The summed E-state index contributed by atoms with van der Waals surface area (Å²) in [5.74, 6) is -1.29. The molecule has 0 aliphatic carbocycles. The Morgan fingerprint density at radius 3 is 2.78 bits per heavy atom. The van der Waals surface area contributed by atoms with Crippen LogP contribution in [0.2, 0.25) is 0 Å². The van der Waals surface area contributed by atoms with Gasteiger partial charge < -0.3 is 14.7 Å². The smallest absolute Gasteiger partial charge is 0.410 e. The van der Waals surface area contributed by atoms with Gasteiger partial charge in [0, 0.05) is 6.54 Å². The maximum Gasteiger partial charge on any atom is 0.410 e. The third-order valence-electron chi connectivity index (χ3n) is 3.36. The van der Waals surface area contributed by atoms with Gasteiger partial charge in [0.15, 0.2) is 0 Å². The fourth-order valence-corrected chi connectivity index (χ4v) is 2.60. The van der Waals surface area contributed by atoms with Crippen molar-refractivity contribution in [1.82, 2.24) is 9.80 Å². The van der Waals surface area contributed by atoms with E-state index in [1.807, 2.05) is 0 Å². The molecule has 0 aromatic carbocycles. The van der Waals surface area contributed by atoms with E-state index in [4.69, 9.17) is 9.84 Å². The number of carbonyl (C=O) groups is 3. The van der Waals surface area contributed by atoms with E-state index in [9.17, 15) is 14.4 Å². The molecule has 2 saturated heterocycles. The number of fused-ring (bicyclic) bond motifs is 1. The lowest BCUT2D eigenvalue weighted by Crippen LogP contribution is -2.58. The normalized spacial score (nSPS) is 27.1. The molecule has 18 heavy (non-hydrogen) atoms. The van der Waals surface area contributed by atoms with Gasteiger partial charge in [-0.25, -0.2) is 9.59 Å². The van der Waals surface area contributed by atoms with Crippen molar-refractivity contribution in [3.05, 3.63) is 0 Å². The van der Waals surface area contributed by atoms with Crippen LogP contribution in [0.25, 0.3) is 0 Å². The summed E-state index contributed by atoms with van der Waals surface area (Å²) >= 11 is 0. The quantitative estimate of drug-likeness (QED) is 0.745. The Bertz CT molecular complexity index is 384. The molecule has 0 spiro atoms. The van der Waals surface area contributed by atoms with E-state index < -0.39 is 18.1 Å². The van der Waals surface area contributed by atoms with Gasteiger partial charge in [-0.2, -0.15) is 0 Å². The third-order valence-corrected chi connectivity index (χ3v) is 3.36. The standard InChI is InChI=1S/C11H16N2O5/c1-2-18-11(17)12-5-7-3-4-8(10(15)16)13(7)9(14)6-12/h7-8H,2-6H2,1H3,(H,15,16). The number of amides is 2. The molecule has 2 unspecified atom stereocenters. The summed E-state index contributed by atoms with van der Waals surface area (Å²) in [6, 6.07) is -0.941. The second-order valence-electron chi connectivity index (χ2n) is 4.47. The van der Waals surface area contributed by atoms with Crippen molar-refractivity contribution >= 4 is 18.0 Å². The molecule has 0 bridgehead atoms. The van der Waals surface area contributed by atoms with E-state index in [0.717, 1.165) is 0 Å². The summed E-state index contributed by atoms with van der Waals surface area (Å²) in [5.41, 5.74) is 0. The second kappa shape index (κ2) is 4.83. The molecule has 7 nitrogen and oxygen atoms in total. The zero-order chi connectivity index (χ0) is 13.3. The number of nitrogens with zero attached hydrogens (tertiary/aromatic N) is 2. The number of rotatable bonds is 2. The first kappa shape index (κ1) is 12.7. The molecule has 2 amide bonds. The van der Waals surface area contributed by atoms with Crippen LogP contribution in [0.15, 0.2) is 0 Å². The lowest BCUT2D eigenvalue weighted by Gasteiger charge is -2.38. The summed E-state index contributed by atoms with van der Waals surface area (Å²) in [6.45, 7) is 2.22. The number of ether oxygens (including phenoxy) is 1. The Kier molecular flexibility index (Phi) is 3.40. The maximum atomic E-state index is 11.9. The summed E-state index contributed by atoms with van der Waals surface area (Å²) in [4.78, 5) is 37.3. The molecule has 0 radical (unpaired) electrons. The van der Waals surface area contributed by atoms with Gasteiger partial charge in [-0.3, -0.25) is 9.69 Å². The summed E-state index contributed by atoms with van der Waals surface area (Å²) in [7, 11) is 0. The monoisotopic (exact) mass is 256 g/mol. The minimum absolute atomic E-state index is 0.0981. The number of piperazine rings is 1. The predicted octanol–water partition coefficient (Wildman–Crippen LogP) is -0.0973. The first-order valence-electron chi connectivity index (χ1n) is 6.00. The maximum absolute atomic E-state index is 11.9. The molecule has 0 saturated carbocycles. The fourth-order valence-electron chi connectivity index (χ4n) is 2.60. The molecule has 2 fully saturated rings. The predicted molar refractivity (Wildman–Crippen MR) is 59.9 cm³/mol. The number of hydrogen-bond donors (Lipinski definition) is 1. The van der Waals surface area contributed by atoms with E-state index in [1.165, 1.54) is 9.80 Å². The molecular formula is C11H16N2O5. The molecular weight excluding hydrogens is 240 g/mol. The number of carbonyl (C=O) groups excluding carboxylic acids is 2. The molecule has 2 aliphatic heterocycles. The molecule has 100 valence electrons. The van der Waals surface area contributed by atoms with Crippen LogP contribution in [0.1, 0.15) is 19.8 Å². The van der Waals surface area contributed by atoms with Crippen LogP contribution >= 0.6 is 0 Å². The zero-order valence-electron chi connectivity index (χ0n) is 10.2. The van der Waals surface area contributed by atoms with E-state index in [1.54, 1.807) is 6.92 Å². The van der Waals surface area contributed by atoms with Gasteiger partial charge in [0.2, 0.25) is 5.91 Å². The van der Waals surface area contributed by atoms with Crippen molar-refractivity contribution in [3.63, 3.8) is 0 Å². The minimum atomic E-state index is -0.976. The summed E-state index contributed by atoms with van der Waals surface area (Å²) in [5, 5.41) is 9.03. The lowest BCUT2D eigenvalue weighted by atomic mass is 10.1. The largest absolute Gasteiger partial charge is 0.480 e. The van der Waals surface area contributed by atoms with Crippen LogP contribution in [0, 0.1) is 0 Å². The zero-order valence-corrected chi connectivity index (χ0v) is 10.2. The molecule has 1 N–H and O–H groups in total. The summed E-state index contributed by atoms with van der Waals surface area (Å²) < 4.78 is 4.85. The number of hydrogen-bond acceptors (Lipinski definition) is 4. The number of carboxylic acids is 1. The molecule has 0 aromatic rings. The highest BCUT2D eigenvalue weighted by Gasteiger charge is 2.45. The van der Waals surface area contributed by atoms with Crippen molar-refractivity contribution in [3.8, 4) is 0 Å². The molecule has 7 heteroatoms. The van der Waals surface area contributed by atoms with Crippen LogP contribution in [0.4, 0.5) is 4.79 Å². The van der Waals surface area contributed by atoms with Gasteiger partial charge in [0.05, 0.1) is 12.6 Å². The van der Waals surface area contributed by atoms with Gasteiger partial charge in [-0.1, -0.05) is 0 Å². The Morgan fingerprint density at radius 2 is 2.17 bits per heavy atom. The first-order valence-corrected chi connectivity index (χ1v) is 6.00. The van der Waals surface area contributed by atoms with E-state index in [2.05, 4.69) is 0 Å². The first-order chi connectivity index (χ1) is 8.54. The Balaban J connectivity index is 2.07. The molecule has 2 aliphatic rings. The highest BCUT2D eigenvalue weighted by Crippen LogP contribution is 2.28. The average Bonchev–Trinajstić information content (AvgIpc) is 2.73. The van der Waals surface area contributed by atoms with Crippen molar-refractivity contribution in [2.75, 3.05) is 19.7 Å². The summed E-state index contributed by atoms with van der Waals surface area (Å²) in [6.07, 6.45) is 0.547. The fraction of sp³-hybridized carbons (Fsp3) is 0.727. The van der Waals surface area contributed by atoms with E-state index in [0.29, 0.717) is 19.4 Å². The van der Waals surface area contributed by atoms with Crippen molar-refractivity contribution in [1.29, 1.82) is 0 Å². The SMILES string of the molecule is CCOC(=O)N1CC(=O)N2C(CCC2C(=O)O)C1. The van der Waals surface area contributed by atoms with Gasteiger partial charge in [0.25, 0.3) is 0 Å². The van der Waals surface area contributed by atoms with Gasteiger partial charge in [0.1, 0.15) is 12.6 Å². The van der Waals surface area contributed by atoms with Crippen LogP contribution in [0.5, 0.6) is 0 Å². The van der Waals surface area contributed by atoms with Crippen LogP contribution in [-0.2, 0) is 14.3 Å². The van der Waals surface area contributed by atoms with Crippen molar-refractivity contribution in [2.45, 2.75) is 31.8 Å². The van der Waals surface area contributed by atoms with Crippen LogP contribution in [0.3, 0.4) is 0 Å². The Labute approximate surface area is 104 Å². The van der Waals surface area contributed by atoms with Crippen molar-refractivity contribution < 1.29 is 24.2 Å². The van der Waals surface area contributed by atoms with E-state index >= 15 is 0 Å². The number of carboxylic acid groups (broad SMARTS) is 1. The van der Waals surface area contributed by atoms with E-state index in [-0.39, 0.29) is 25.1 Å². The molecule has 2 atom stereocenters. The van der Waals surface area contributed by atoms with Crippen LogP contribution < -0.4 is 0 Å². The third kappa shape index (κ3) is 2.12. The molecule has 2 rings (SSSR count). The Morgan fingerprint density at radius 1 is 1.44 bits per heavy atom. The lowest BCUT2D eigenvalue weighted by molar-refractivity contribution is -0.152. The van der Waals surface area contributed by atoms with Crippen LogP contribution in [-0.4, -0.2) is 64.7 Å². The Hall–Kier alpha value is -1.79. The molecule has 2 heterocycles. The minimum Gasteiger partial charge on any atom is -0.480 e. The number of aliphatic carboxylic acids is 1. The topological polar surface area (TPSA) is 87.2 Å². The average molecular weight is 256 g/mol. The highest BCUT2D eigenvalue weighted by molar-refractivity contribution is 5.88. The highest BCUT2D eigenvalue weighted by atomic mass is 16.6. The van der Waals surface area contributed by atoms with Crippen molar-refractivity contribution in [2.24, 2.45) is 0 Å². The molecule has 0 aromatic heterocycles. The van der Waals surface area contributed by atoms with Gasteiger partial charge in [-0.15, -0.1) is 0 Å². The van der Waals surface area contributed by atoms with Gasteiger partial charge in [-0.05, 0) is 19.8 Å². The second-order valence-corrected chi connectivity index (χ2v) is 4.47.